The number of hydrogen-bond donors (Lipinski definition) is 1. The number of nitrogens with zero attached hydrogens (tertiary/aromatic N) is 2. The van der Waals surface area contributed by atoms with E-state index in [9.17, 15) is 0 Å². The zero-order valence-corrected chi connectivity index (χ0v) is 15.1. The molecule has 0 saturated heterocycles. The van der Waals surface area contributed by atoms with Gasteiger partial charge in [-0.1, -0.05) is 12.2 Å². The number of ether oxygens (including phenoxy) is 2. The van der Waals surface area contributed by atoms with Gasteiger partial charge in [-0.3, -0.25) is 4.48 Å². The van der Waals surface area contributed by atoms with Gasteiger partial charge in [0.05, 0.1) is 44.4 Å². The van der Waals surface area contributed by atoms with Crippen molar-refractivity contribution >= 4 is 29.2 Å². The molecule has 6 heteroatoms. The largest absolute Gasteiger partial charge is 0.493 e. The van der Waals surface area contributed by atoms with Crippen molar-refractivity contribution in [3.63, 3.8) is 0 Å². The second-order valence-electron chi connectivity index (χ2n) is 6.48. The summed E-state index contributed by atoms with van der Waals surface area (Å²) in [6.07, 6.45) is 5.79. The number of nitrogens with one attached hydrogen (secondary N) is 1. The highest BCUT2D eigenvalue weighted by Gasteiger charge is 2.34. The molecular weight excluding hydrogens is 310 g/mol. The third kappa shape index (κ3) is 4.09. The normalized spacial score (nSPS) is 19.7. The van der Waals surface area contributed by atoms with Crippen molar-refractivity contribution in [3.05, 3.63) is 30.6 Å². The maximum absolute atomic E-state index is 5.64. The third-order valence-corrected chi connectivity index (χ3v) is 4.47. The summed E-state index contributed by atoms with van der Waals surface area (Å²) in [4.78, 5) is 4.95. The summed E-state index contributed by atoms with van der Waals surface area (Å²) in [6.45, 7) is 5.09. The summed E-state index contributed by atoms with van der Waals surface area (Å²) in [6, 6.07) is 5.67. The smallest absolute Gasteiger partial charge is 0.194 e. The molecule has 0 aromatic heterocycles. The van der Waals surface area contributed by atoms with Crippen molar-refractivity contribution in [2.75, 3.05) is 33.1 Å². The van der Waals surface area contributed by atoms with Crippen LogP contribution in [0.2, 0.25) is 0 Å². The van der Waals surface area contributed by atoms with Gasteiger partial charge in [0.15, 0.2) is 17.8 Å². The van der Waals surface area contributed by atoms with Crippen LogP contribution in [0.3, 0.4) is 0 Å². The number of quaternary nitrogens is 1. The van der Waals surface area contributed by atoms with Gasteiger partial charge in [0.25, 0.3) is 0 Å². The van der Waals surface area contributed by atoms with E-state index in [1.807, 2.05) is 30.7 Å². The van der Waals surface area contributed by atoms with Crippen LogP contribution >= 0.6 is 12.2 Å². The Balaban J connectivity index is 2.11. The van der Waals surface area contributed by atoms with Gasteiger partial charge in [0, 0.05) is 11.8 Å². The molecule has 5 nitrogen and oxygen atoms in total. The first-order valence-electron chi connectivity index (χ1n) is 7.40. The number of benzene rings is 1. The van der Waals surface area contributed by atoms with E-state index in [1.54, 1.807) is 14.2 Å². The first-order valence-corrected chi connectivity index (χ1v) is 7.81. The summed E-state index contributed by atoms with van der Waals surface area (Å²) >= 11 is 5.64. The molecule has 0 spiro atoms. The van der Waals surface area contributed by atoms with Gasteiger partial charge in [0.2, 0.25) is 0 Å². The highest BCUT2D eigenvalue weighted by Crippen LogP contribution is 2.31. The topological polar surface area (TPSA) is 42.8 Å². The lowest BCUT2D eigenvalue weighted by Crippen LogP contribution is -2.47. The summed E-state index contributed by atoms with van der Waals surface area (Å²) in [7, 11) is 5.34. The van der Waals surface area contributed by atoms with Crippen molar-refractivity contribution in [1.82, 2.24) is 0 Å². The predicted octanol–water partition coefficient (Wildman–Crippen LogP) is 3.43. The summed E-state index contributed by atoms with van der Waals surface area (Å²) in [5.74, 6) is 1.37. The number of anilines is 1. The van der Waals surface area contributed by atoms with Crippen molar-refractivity contribution in [2.45, 2.75) is 13.8 Å². The number of hydrogen-bond acceptors (Lipinski definition) is 4. The molecule has 0 aliphatic carbocycles. The van der Waals surface area contributed by atoms with E-state index in [-0.39, 0.29) is 5.41 Å². The van der Waals surface area contributed by atoms with Crippen LogP contribution < -0.4 is 14.8 Å². The first kappa shape index (κ1) is 17.4. The van der Waals surface area contributed by atoms with Crippen molar-refractivity contribution in [3.8, 4) is 11.5 Å². The number of thiocarbonyl (C=S) groups is 1. The Kier molecular flexibility index (Phi) is 5.06. The summed E-state index contributed by atoms with van der Waals surface area (Å²) < 4.78 is 11.2. The minimum Gasteiger partial charge on any atom is -0.493 e. The fourth-order valence-electron chi connectivity index (χ4n) is 2.65. The van der Waals surface area contributed by atoms with Crippen LogP contribution in [-0.2, 0) is 0 Å². The van der Waals surface area contributed by atoms with E-state index in [0.717, 1.165) is 17.2 Å². The minimum atomic E-state index is -0.196. The fraction of sp³-hybridized carbons (Fsp3) is 0.412. The standard InChI is InChI=1S/C17H23N3O2S/c1-17(2,11-20(3)9-8-18-12-20)16(23)19-13-6-7-14(21-4)15(10-13)22-5/h6-10,12H,11H2,1-5H3/p+1. The van der Waals surface area contributed by atoms with Crippen molar-refractivity contribution in [2.24, 2.45) is 10.4 Å². The molecule has 1 aromatic rings. The van der Waals surface area contributed by atoms with E-state index in [0.29, 0.717) is 16.0 Å². The lowest BCUT2D eigenvalue weighted by atomic mass is 9.91. The van der Waals surface area contributed by atoms with Crippen LogP contribution in [0.25, 0.3) is 0 Å². The molecule has 1 aliphatic heterocycles. The Labute approximate surface area is 143 Å². The first-order chi connectivity index (χ1) is 10.8. The van der Waals surface area contributed by atoms with Crippen LogP contribution in [0.5, 0.6) is 11.5 Å². The zero-order valence-electron chi connectivity index (χ0n) is 14.3. The maximum atomic E-state index is 5.64. The van der Waals surface area contributed by atoms with Gasteiger partial charge in [-0.15, -0.1) is 0 Å². The SMILES string of the molecule is COc1ccc(NC(=S)C(C)(C)C[N+]2(C)C=CN=C2)cc1OC. The van der Waals surface area contributed by atoms with Gasteiger partial charge in [0.1, 0.15) is 6.20 Å². The molecule has 1 heterocycles. The summed E-state index contributed by atoms with van der Waals surface area (Å²) in [5.41, 5.74) is 0.687. The fourth-order valence-corrected chi connectivity index (χ4v) is 2.83. The molecule has 1 atom stereocenters. The molecule has 1 unspecified atom stereocenters. The minimum absolute atomic E-state index is 0.196. The molecule has 2 rings (SSSR count). The van der Waals surface area contributed by atoms with Crippen LogP contribution in [0, 0.1) is 5.41 Å². The summed E-state index contributed by atoms with van der Waals surface area (Å²) in [5, 5.41) is 3.32. The molecule has 0 fully saturated rings. The second-order valence-corrected chi connectivity index (χ2v) is 6.88. The van der Waals surface area contributed by atoms with Crippen molar-refractivity contribution < 1.29 is 14.0 Å². The molecule has 0 amide bonds. The molecule has 0 saturated carbocycles. The second kappa shape index (κ2) is 6.68. The lowest BCUT2D eigenvalue weighted by molar-refractivity contribution is -0.762. The molecule has 124 valence electrons. The molecule has 1 aromatic carbocycles. The Morgan fingerprint density at radius 3 is 2.52 bits per heavy atom. The predicted molar refractivity (Wildman–Crippen MR) is 98.2 cm³/mol. The van der Waals surface area contributed by atoms with E-state index < -0.39 is 0 Å². The molecule has 1 aliphatic rings. The van der Waals surface area contributed by atoms with Gasteiger partial charge in [-0.2, -0.15) is 0 Å². The number of methoxy groups -OCH3 is 2. The number of rotatable bonds is 6. The van der Waals surface area contributed by atoms with Crippen LogP contribution in [0.4, 0.5) is 5.69 Å². The Morgan fingerprint density at radius 2 is 1.96 bits per heavy atom. The monoisotopic (exact) mass is 334 g/mol. The van der Waals surface area contributed by atoms with Crippen LogP contribution in [0.1, 0.15) is 13.8 Å². The Hall–Kier alpha value is -1.92. The molecular formula is C17H24N3O2S+. The molecule has 1 N–H and O–H groups in total. The number of aliphatic imine (C=N–C) groups is 1. The van der Waals surface area contributed by atoms with E-state index in [1.165, 1.54) is 0 Å². The van der Waals surface area contributed by atoms with Gasteiger partial charge < -0.3 is 14.8 Å². The maximum Gasteiger partial charge on any atom is 0.194 e. The molecule has 0 bridgehead atoms. The van der Waals surface area contributed by atoms with E-state index in [4.69, 9.17) is 21.7 Å². The highest BCUT2D eigenvalue weighted by atomic mass is 32.1. The van der Waals surface area contributed by atoms with E-state index in [2.05, 4.69) is 37.4 Å². The third-order valence-electron chi connectivity index (χ3n) is 3.82. The Morgan fingerprint density at radius 1 is 1.26 bits per heavy atom. The quantitative estimate of drug-likeness (QED) is 0.639. The molecule has 0 radical (unpaired) electrons. The zero-order chi connectivity index (χ0) is 17.1. The van der Waals surface area contributed by atoms with Gasteiger partial charge in [-0.05, 0) is 26.0 Å². The van der Waals surface area contributed by atoms with E-state index >= 15 is 0 Å². The average molecular weight is 334 g/mol. The Bertz CT molecular complexity index is 641. The lowest BCUT2D eigenvalue weighted by Gasteiger charge is -2.33. The highest BCUT2D eigenvalue weighted by molar-refractivity contribution is 7.80. The average Bonchev–Trinajstić information content (AvgIpc) is 2.92. The van der Waals surface area contributed by atoms with Gasteiger partial charge >= 0.3 is 0 Å². The van der Waals surface area contributed by atoms with Crippen LogP contribution in [0.15, 0.2) is 35.6 Å². The molecule has 23 heavy (non-hydrogen) atoms. The van der Waals surface area contributed by atoms with Crippen molar-refractivity contribution in [1.29, 1.82) is 0 Å². The van der Waals surface area contributed by atoms with Crippen LogP contribution in [-0.4, -0.2) is 43.6 Å². The van der Waals surface area contributed by atoms with Gasteiger partial charge in [-0.25, -0.2) is 4.99 Å².